The van der Waals surface area contributed by atoms with Crippen molar-refractivity contribution in [2.45, 2.75) is 38.3 Å². The first-order chi connectivity index (χ1) is 8.36. The molecule has 2 atom stereocenters. The molecule has 1 N–H and O–H groups in total. The summed E-state index contributed by atoms with van der Waals surface area (Å²) >= 11 is 0. The van der Waals surface area contributed by atoms with Gasteiger partial charge in [-0.1, -0.05) is 30.3 Å². The summed E-state index contributed by atoms with van der Waals surface area (Å²) < 4.78 is 14.0. The molecule has 0 radical (unpaired) electrons. The highest BCUT2D eigenvalue weighted by atomic mass is 19.1. The highest BCUT2D eigenvalue weighted by Gasteiger charge is 2.22. The fourth-order valence-corrected chi connectivity index (χ4v) is 2.57. The number of benzene rings is 1. The Morgan fingerprint density at radius 3 is 2.82 bits per heavy atom. The van der Waals surface area contributed by atoms with E-state index in [0.717, 1.165) is 38.8 Å². The Morgan fingerprint density at radius 1 is 1.29 bits per heavy atom. The molecule has 0 aliphatic carbocycles. The van der Waals surface area contributed by atoms with Gasteiger partial charge in [0.05, 0.1) is 0 Å². The molecule has 0 amide bonds. The van der Waals surface area contributed by atoms with Gasteiger partial charge in [-0.15, -0.1) is 0 Å². The van der Waals surface area contributed by atoms with Crippen LogP contribution in [-0.2, 0) is 6.42 Å². The lowest BCUT2D eigenvalue weighted by Crippen LogP contribution is -2.35. The third-order valence-corrected chi connectivity index (χ3v) is 3.63. The SMILES string of the molecule is FC(CCCc1ccccc1)C1CCCNC1. The quantitative estimate of drug-likeness (QED) is 0.825. The van der Waals surface area contributed by atoms with Crippen molar-refractivity contribution < 1.29 is 4.39 Å². The summed E-state index contributed by atoms with van der Waals surface area (Å²) in [5.74, 6) is 0.250. The maximum Gasteiger partial charge on any atom is 0.104 e. The minimum Gasteiger partial charge on any atom is -0.316 e. The van der Waals surface area contributed by atoms with Crippen molar-refractivity contribution in [3.63, 3.8) is 0 Å². The van der Waals surface area contributed by atoms with Gasteiger partial charge < -0.3 is 5.32 Å². The van der Waals surface area contributed by atoms with E-state index in [2.05, 4.69) is 17.4 Å². The predicted octanol–water partition coefficient (Wildman–Crippen LogP) is 3.35. The van der Waals surface area contributed by atoms with Crippen molar-refractivity contribution in [1.29, 1.82) is 0 Å². The summed E-state index contributed by atoms with van der Waals surface area (Å²) in [6.45, 7) is 1.93. The van der Waals surface area contributed by atoms with Crippen LogP contribution in [0.2, 0.25) is 0 Å². The molecule has 1 fully saturated rings. The van der Waals surface area contributed by atoms with Crippen LogP contribution in [0.15, 0.2) is 30.3 Å². The maximum atomic E-state index is 14.0. The van der Waals surface area contributed by atoms with Crippen LogP contribution in [0, 0.1) is 5.92 Å². The fraction of sp³-hybridized carbons (Fsp3) is 0.600. The molecule has 0 saturated carbocycles. The zero-order chi connectivity index (χ0) is 11.9. The average Bonchev–Trinajstić information content (AvgIpc) is 2.41. The number of hydrogen-bond donors (Lipinski definition) is 1. The van der Waals surface area contributed by atoms with E-state index in [1.165, 1.54) is 5.56 Å². The van der Waals surface area contributed by atoms with E-state index in [1.807, 2.05) is 18.2 Å². The first kappa shape index (κ1) is 12.6. The van der Waals surface area contributed by atoms with Gasteiger partial charge in [0.15, 0.2) is 0 Å². The number of alkyl halides is 1. The highest BCUT2D eigenvalue weighted by molar-refractivity contribution is 5.14. The highest BCUT2D eigenvalue weighted by Crippen LogP contribution is 2.21. The molecular weight excluding hydrogens is 213 g/mol. The Hall–Kier alpha value is -0.890. The van der Waals surface area contributed by atoms with Crippen LogP contribution < -0.4 is 5.32 Å². The molecule has 1 aliphatic heterocycles. The molecule has 2 unspecified atom stereocenters. The van der Waals surface area contributed by atoms with Crippen molar-refractivity contribution in [3.05, 3.63) is 35.9 Å². The van der Waals surface area contributed by atoms with Gasteiger partial charge in [-0.3, -0.25) is 0 Å². The van der Waals surface area contributed by atoms with E-state index >= 15 is 0 Å². The van der Waals surface area contributed by atoms with Crippen LogP contribution in [0.4, 0.5) is 4.39 Å². The Labute approximate surface area is 103 Å². The van der Waals surface area contributed by atoms with E-state index in [-0.39, 0.29) is 5.92 Å². The topological polar surface area (TPSA) is 12.0 Å². The lowest BCUT2D eigenvalue weighted by molar-refractivity contribution is 0.179. The van der Waals surface area contributed by atoms with Crippen LogP contribution in [-0.4, -0.2) is 19.3 Å². The first-order valence-electron chi connectivity index (χ1n) is 6.75. The normalized spacial score (nSPS) is 22.3. The van der Waals surface area contributed by atoms with Crippen molar-refractivity contribution in [1.82, 2.24) is 5.32 Å². The van der Waals surface area contributed by atoms with Gasteiger partial charge in [-0.25, -0.2) is 4.39 Å². The Balaban J connectivity index is 1.67. The van der Waals surface area contributed by atoms with Gasteiger partial charge in [0.25, 0.3) is 0 Å². The predicted molar refractivity (Wildman–Crippen MR) is 69.9 cm³/mol. The number of halogens is 1. The molecule has 1 aromatic rings. The molecule has 2 rings (SSSR count). The smallest absolute Gasteiger partial charge is 0.104 e. The van der Waals surface area contributed by atoms with E-state index in [4.69, 9.17) is 0 Å². The summed E-state index contributed by atoms with van der Waals surface area (Å²) in [5.41, 5.74) is 1.32. The number of piperidine rings is 1. The molecule has 1 aromatic carbocycles. The summed E-state index contributed by atoms with van der Waals surface area (Å²) in [7, 11) is 0. The van der Waals surface area contributed by atoms with Gasteiger partial charge in [-0.2, -0.15) is 0 Å². The van der Waals surface area contributed by atoms with E-state index in [9.17, 15) is 4.39 Å². The van der Waals surface area contributed by atoms with Crippen LogP contribution >= 0.6 is 0 Å². The number of rotatable bonds is 5. The van der Waals surface area contributed by atoms with Gasteiger partial charge in [0, 0.05) is 12.5 Å². The lowest BCUT2D eigenvalue weighted by Gasteiger charge is -2.25. The third kappa shape index (κ3) is 4.12. The minimum absolute atomic E-state index is 0.250. The second kappa shape index (κ2) is 6.75. The fourth-order valence-electron chi connectivity index (χ4n) is 2.57. The van der Waals surface area contributed by atoms with Crippen LogP contribution in [0.1, 0.15) is 31.2 Å². The van der Waals surface area contributed by atoms with Crippen LogP contribution in [0.3, 0.4) is 0 Å². The van der Waals surface area contributed by atoms with Crippen LogP contribution in [0.25, 0.3) is 0 Å². The minimum atomic E-state index is -0.619. The van der Waals surface area contributed by atoms with Crippen LogP contribution in [0.5, 0.6) is 0 Å². The molecule has 2 heteroatoms. The molecule has 1 saturated heterocycles. The van der Waals surface area contributed by atoms with Gasteiger partial charge in [-0.05, 0) is 44.2 Å². The van der Waals surface area contributed by atoms with Crippen molar-refractivity contribution in [2.24, 2.45) is 5.92 Å². The van der Waals surface area contributed by atoms with Crippen molar-refractivity contribution >= 4 is 0 Å². The average molecular weight is 235 g/mol. The molecule has 1 heterocycles. The zero-order valence-electron chi connectivity index (χ0n) is 10.4. The molecule has 0 spiro atoms. The molecule has 94 valence electrons. The lowest BCUT2D eigenvalue weighted by atomic mass is 9.91. The van der Waals surface area contributed by atoms with Gasteiger partial charge >= 0.3 is 0 Å². The molecule has 17 heavy (non-hydrogen) atoms. The number of nitrogens with one attached hydrogen (secondary N) is 1. The number of aryl methyl sites for hydroxylation is 1. The zero-order valence-corrected chi connectivity index (χ0v) is 10.4. The Bertz CT molecular complexity index is 306. The number of hydrogen-bond acceptors (Lipinski definition) is 1. The second-order valence-electron chi connectivity index (χ2n) is 5.00. The first-order valence-corrected chi connectivity index (χ1v) is 6.75. The summed E-state index contributed by atoms with van der Waals surface area (Å²) in [4.78, 5) is 0. The summed E-state index contributed by atoms with van der Waals surface area (Å²) in [5, 5.41) is 3.28. The molecule has 0 bridgehead atoms. The summed E-state index contributed by atoms with van der Waals surface area (Å²) in [6, 6.07) is 10.4. The molecule has 1 aliphatic rings. The van der Waals surface area contributed by atoms with Gasteiger partial charge in [0.2, 0.25) is 0 Å². The van der Waals surface area contributed by atoms with Crippen molar-refractivity contribution in [3.8, 4) is 0 Å². The third-order valence-electron chi connectivity index (χ3n) is 3.63. The Kier molecular flexibility index (Phi) is 4.99. The van der Waals surface area contributed by atoms with E-state index < -0.39 is 6.17 Å². The summed E-state index contributed by atoms with van der Waals surface area (Å²) in [6.07, 6.45) is 4.24. The standard InChI is InChI=1S/C15H22FN/c16-15(14-9-5-11-17-12-14)10-4-8-13-6-2-1-3-7-13/h1-3,6-7,14-15,17H,4-5,8-12H2. The molecule has 0 aromatic heterocycles. The Morgan fingerprint density at radius 2 is 2.12 bits per heavy atom. The maximum absolute atomic E-state index is 14.0. The van der Waals surface area contributed by atoms with E-state index in [0.29, 0.717) is 6.42 Å². The molecular formula is C15H22FN. The van der Waals surface area contributed by atoms with Gasteiger partial charge in [0.1, 0.15) is 6.17 Å². The monoisotopic (exact) mass is 235 g/mol. The molecule has 1 nitrogen and oxygen atoms in total. The largest absolute Gasteiger partial charge is 0.316 e. The van der Waals surface area contributed by atoms with E-state index in [1.54, 1.807) is 0 Å². The second-order valence-corrected chi connectivity index (χ2v) is 5.00. The van der Waals surface area contributed by atoms with Crippen molar-refractivity contribution in [2.75, 3.05) is 13.1 Å².